The molecule has 0 saturated carbocycles. The van der Waals surface area contributed by atoms with Crippen molar-refractivity contribution in [1.29, 1.82) is 0 Å². The number of methoxy groups -OCH3 is 1. The van der Waals surface area contributed by atoms with Crippen LogP contribution < -0.4 is 10.2 Å². The third kappa shape index (κ3) is 4.79. The Morgan fingerprint density at radius 3 is 2.73 bits per heavy atom. The molecule has 10 nitrogen and oxygen atoms in total. The minimum atomic E-state index is -0.626. The second-order valence-corrected chi connectivity index (χ2v) is 6.43. The highest BCUT2D eigenvalue weighted by molar-refractivity contribution is 5.93. The van der Waals surface area contributed by atoms with Gasteiger partial charge in [-0.3, -0.25) is 19.6 Å². The molecule has 3 aromatic rings. The van der Waals surface area contributed by atoms with E-state index < -0.39 is 10.8 Å². The van der Waals surface area contributed by atoms with E-state index in [0.29, 0.717) is 6.54 Å². The number of nitrogens with zero attached hydrogens (tertiary/aromatic N) is 4. The third-order valence-electron chi connectivity index (χ3n) is 4.23. The predicted molar refractivity (Wildman–Crippen MR) is 109 cm³/mol. The van der Waals surface area contributed by atoms with Crippen LogP contribution in [0.15, 0.2) is 53.8 Å². The molecule has 0 unspecified atom stereocenters. The Balaban J connectivity index is 1.68. The minimum absolute atomic E-state index is 0.0197. The highest BCUT2D eigenvalue weighted by Crippen LogP contribution is 2.33. The fourth-order valence-electron chi connectivity index (χ4n) is 2.64. The van der Waals surface area contributed by atoms with Gasteiger partial charge in [0, 0.05) is 17.8 Å². The van der Waals surface area contributed by atoms with E-state index in [1.807, 2.05) is 31.2 Å². The second-order valence-electron chi connectivity index (χ2n) is 6.43. The number of phenolic OH excluding ortho intramolecular Hbond substituents is 1. The van der Waals surface area contributed by atoms with Crippen LogP contribution in [-0.2, 0) is 6.54 Å². The van der Waals surface area contributed by atoms with Crippen molar-refractivity contribution in [3.05, 3.63) is 81.2 Å². The first-order valence-corrected chi connectivity index (χ1v) is 8.85. The Bertz CT molecular complexity index is 1110. The normalized spacial score (nSPS) is 10.9. The average Bonchev–Trinajstić information content (AvgIpc) is 3.19. The Kier molecular flexibility index (Phi) is 6.06. The molecule has 1 aromatic heterocycles. The second kappa shape index (κ2) is 8.86. The maximum Gasteiger partial charge on any atom is 0.291 e. The molecule has 30 heavy (non-hydrogen) atoms. The summed E-state index contributed by atoms with van der Waals surface area (Å²) in [5.41, 5.74) is 4.37. The van der Waals surface area contributed by atoms with E-state index in [4.69, 9.17) is 4.74 Å². The summed E-state index contributed by atoms with van der Waals surface area (Å²) in [6, 6.07) is 11.7. The monoisotopic (exact) mass is 409 g/mol. The summed E-state index contributed by atoms with van der Waals surface area (Å²) in [7, 11) is 1.27. The van der Waals surface area contributed by atoms with Gasteiger partial charge in [-0.15, -0.1) is 0 Å². The van der Waals surface area contributed by atoms with Gasteiger partial charge in [0.1, 0.15) is 0 Å². The molecule has 154 valence electrons. The number of amides is 1. The SMILES string of the molecule is COc1cc([N+](=O)[O-])cc(/C=N\NC(=O)c2ccn(Cc3ccc(C)cc3)n2)c1O. The molecule has 1 heterocycles. The number of aryl methyl sites for hydroxylation is 1. The topological polar surface area (TPSA) is 132 Å². The zero-order valence-electron chi connectivity index (χ0n) is 16.3. The van der Waals surface area contributed by atoms with Gasteiger partial charge in [-0.25, -0.2) is 5.43 Å². The van der Waals surface area contributed by atoms with Crippen LogP contribution in [0.3, 0.4) is 0 Å². The van der Waals surface area contributed by atoms with Gasteiger partial charge in [-0.05, 0) is 18.6 Å². The molecule has 3 rings (SSSR count). The van der Waals surface area contributed by atoms with Crippen molar-refractivity contribution in [2.45, 2.75) is 13.5 Å². The van der Waals surface area contributed by atoms with Gasteiger partial charge in [-0.1, -0.05) is 29.8 Å². The molecule has 0 fully saturated rings. The summed E-state index contributed by atoms with van der Waals surface area (Å²) in [5.74, 6) is -0.971. The Labute approximate surface area is 171 Å². The van der Waals surface area contributed by atoms with Crippen LogP contribution in [-0.4, -0.2) is 39.0 Å². The number of nitrogens with one attached hydrogen (secondary N) is 1. The first-order chi connectivity index (χ1) is 14.4. The molecular weight excluding hydrogens is 390 g/mol. The van der Waals surface area contributed by atoms with Gasteiger partial charge < -0.3 is 9.84 Å². The molecule has 0 aliphatic rings. The lowest BCUT2D eigenvalue weighted by atomic mass is 10.1. The minimum Gasteiger partial charge on any atom is -0.504 e. The van der Waals surface area contributed by atoms with Crippen molar-refractivity contribution in [2.24, 2.45) is 5.10 Å². The quantitative estimate of drug-likeness (QED) is 0.350. The number of rotatable bonds is 7. The van der Waals surface area contributed by atoms with E-state index in [-0.39, 0.29) is 28.4 Å². The van der Waals surface area contributed by atoms with Gasteiger partial charge in [-0.2, -0.15) is 10.2 Å². The fraction of sp³-hybridized carbons (Fsp3) is 0.150. The van der Waals surface area contributed by atoms with Crippen molar-refractivity contribution in [3.63, 3.8) is 0 Å². The van der Waals surface area contributed by atoms with E-state index in [1.54, 1.807) is 16.9 Å². The summed E-state index contributed by atoms with van der Waals surface area (Å²) in [5, 5.41) is 29.0. The van der Waals surface area contributed by atoms with E-state index in [0.717, 1.165) is 29.5 Å². The number of hydrazone groups is 1. The number of non-ortho nitro benzene ring substituents is 1. The van der Waals surface area contributed by atoms with Crippen LogP contribution in [0.25, 0.3) is 0 Å². The predicted octanol–water partition coefficient (Wildman–Crippen LogP) is 2.63. The van der Waals surface area contributed by atoms with E-state index >= 15 is 0 Å². The lowest BCUT2D eigenvalue weighted by Crippen LogP contribution is -2.18. The fourth-order valence-corrected chi connectivity index (χ4v) is 2.64. The Morgan fingerprint density at radius 2 is 2.07 bits per heavy atom. The maximum absolute atomic E-state index is 12.2. The van der Waals surface area contributed by atoms with E-state index in [9.17, 15) is 20.0 Å². The molecule has 0 saturated heterocycles. The highest BCUT2D eigenvalue weighted by atomic mass is 16.6. The van der Waals surface area contributed by atoms with Gasteiger partial charge >= 0.3 is 0 Å². The average molecular weight is 409 g/mol. The largest absolute Gasteiger partial charge is 0.504 e. The number of benzene rings is 2. The number of aromatic nitrogens is 2. The summed E-state index contributed by atoms with van der Waals surface area (Å²) in [4.78, 5) is 22.6. The Hall–Kier alpha value is -4.21. The van der Waals surface area contributed by atoms with Gasteiger partial charge in [0.15, 0.2) is 17.2 Å². The van der Waals surface area contributed by atoms with Crippen molar-refractivity contribution in [3.8, 4) is 11.5 Å². The van der Waals surface area contributed by atoms with Crippen LogP contribution >= 0.6 is 0 Å². The molecule has 0 bridgehead atoms. The molecule has 1 amide bonds. The summed E-state index contributed by atoms with van der Waals surface area (Å²) >= 11 is 0. The molecule has 0 atom stereocenters. The number of carbonyl (C=O) groups is 1. The summed E-state index contributed by atoms with van der Waals surface area (Å²) in [6.45, 7) is 2.52. The number of aromatic hydroxyl groups is 1. The Morgan fingerprint density at radius 1 is 1.33 bits per heavy atom. The number of ether oxygens (including phenoxy) is 1. The molecule has 10 heteroatoms. The van der Waals surface area contributed by atoms with Gasteiger partial charge in [0.2, 0.25) is 0 Å². The molecule has 0 radical (unpaired) electrons. The van der Waals surface area contributed by atoms with E-state index in [2.05, 4.69) is 15.6 Å². The number of phenols is 1. The van der Waals surface area contributed by atoms with Crippen molar-refractivity contribution in [2.75, 3.05) is 7.11 Å². The lowest BCUT2D eigenvalue weighted by Gasteiger charge is -2.05. The number of nitro benzene ring substituents is 1. The van der Waals surface area contributed by atoms with Gasteiger partial charge in [0.05, 0.1) is 30.9 Å². The molecular formula is C20H19N5O5. The number of nitro groups is 1. The molecule has 2 N–H and O–H groups in total. The standard InChI is InChI=1S/C20H19N5O5/c1-13-3-5-14(6-4-13)12-24-8-7-17(23-24)20(27)22-21-11-15-9-16(25(28)29)10-18(30-2)19(15)26/h3-11,26H,12H2,1-2H3,(H,22,27)/b21-11-. The number of hydrogen-bond acceptors (Lipinski definition) is 7. The first kappa shape index (κ1) is 20.5. The zero-order chi connectivity index (χ0) is 21.7. The molecule has 2 aromatic carbocycles. The zero-order valence-corrected chi connectivity index (χ0v) is 16.3. The molecule has 0 aliphatic carbocycles. The number of carbonyl (C=O) groups excluding carboxylic acids is 1. The van der Waals surface area contributed by atoms with Crippen LogP contribution in [0.5, 0.6) is 11.5 Å². The van der Waals surface area contributed by atoms with Crippen molar-refractivity contribution in [1.82, 2.24) is 15.2 Å². The molecule has 0 spiro atoms. The van der Waals surface area contributed by atoms with E-state index in [1.165, 1.54) is 7.11 Å². The molecule has 0 aliphatic heterocycles. The maximum atomic E-state index is 12.2. The van der Waals surface area contributed by atoms with Crippen molar-refractivity contribution >= 4 is 17.8 Å². The van der Waals surface area contributed by atoms with Crippen LogP contribution in [0.4, 0.5) is 5.69 Å². The lowest BCUT2D eigenvalue weighted by molar-refractivity contribution is -0.385. The summed E-state index contributed by atoms with van der Waals surface area (Å²) in [6.07, 6.45) is 2.77. The first-order valence-electron chi connectivity index (χ1n) is 8.85. The van der Waals surface area contributed by atoms with Gasteiger partial charge in [0.25, 0.3) is 11.6 Å². The number of hydrogen-bond donors (Lipinski definition) is 2. The third-order valence-corrected chi connectivity index (χ3v) is 4.23. The summed E-state index contributed by atoms with van der Waals surface area (Å²) < 4.78 is 6.54. The van der Waals surface area contributed by atoms with Crippen LogP contribution in [0.1, 0.15) is 27.2 Å². The van der Waals surface area contributed by atoms with Crippen LogP contribution in [0, 0.1) is 17.0 Å². The van der Waals surface area contributed by atoms with Crippen molar-refractivity contribution < 1.29 is 19.6 Å². The smallest absolute Gasteiger partial charge is 0.291 e. The van der Waals surface area contributed by atoms with Crippen LogP contribution in [0.2, 0.25) is 0 Å². The highest BCUT2D eigenvalue weighted by Gasteiger charge is 2.16.